The van der Waals surface area contributed by atoms with Gasteiger partial charge in [0, 0.05) is 23.2 Å². The Labute approximate surface area is 79.7 Å². The molecule has 0 spiro atoms. The van der Waals surface area contributed by atoms with E-state index in [0.29, 0.717) is 11.1 Å². The zero-order chi connectivity index (χ0) is 9.97. The van der Waals surface area contributed by atoms with E-state index in [1.807, 2.05) is 12.1 Å². The minimum absolute atomic E-state index is 0.447. The van der Waals surface area contributed by atoms with Crippen LogP contribution in [-0.4, -0.2) is 4.98 Å². The predicted octanol–water partition coefficient (Wildman–Crippen LogP) is 3.47. The molecule has 1 aromatic carbocycles. The Kier molecular flexibility index (Phi) is 2.23. The smallest absolute Gasteiger partial charge is 0.256 e. The molecule has 0 bridgehead atoms. The number of para-hydroxylation sites is 1. The van der Waals surface area contributed by atoms with Crippen molar-refractivity contribution in [3.63, 3.8) is 0 Å². The fourth-order valence-electron chi connectivity index (χ4n) is 1.36. The van der Waals surface area contributed by atoms with Gasteiger partial charge in [-0.25, -0.2) is 0 Å². The second kappa shape index (κ2) is 3.54. The van der Waals surface area contributed by atoms with Gasteiger partial charge in [-0.05, 0) is 6.07 Å². The second-order valence-corrected chi connectivity index (χ2v) is 2.86. The van der Waals surface area contributed by atoms with E-state index in [-0.39, 0.29) is 0 Å². The zero-order valence-corrected chi connectivity index (χ0v) is 7.24. The second-order valence-electron chi connectivity index (χ2n) is 2.86. The van der Waals surface area contributed by atoms with Crippen molar-refractivity contribution < 1.29 is 8.78 Å². The number of hydrogen-bond acceptors (Lipinski definition) is 1. The Hall–Kier alpha value is -1.77. The first-order valence-corrected chi connectivity index (χ1v) is 4.14. The van der Waals surface area contributed by atoms with Crippen LogP contribution in [0.15, 0.2) is 42.6 Å². The summed E-state index contributed by atoms with van der Waals surface area (Å²) >= 11 is 0. The third-order valence-corrected chi connectivity index (χ3v) is 1.93. The van der Waals surface area contributed by atoms with Crippen molar-refractivity contribution in [2.24, 2.45) is 0 Å². The van der Waals surface area contributed by atoms with E-state index in [1.54, 1.807) is 24.4 Å². The van der Waals surface area contributed by atoms with E-state index in [0.717, 1.165) is 11.5 Å². The minimum atomic E-state index is -1.71. The Morgan fingerprint density at radius 1 is 1.14 bits per heavy atom. The molecule has 2 aromatic rings. The van der Waals surface area contributed by atoms with Crippen molar-refractivity contribution in [2.75, 3.05) is 0 Å². The highest BCUT2D eigenvalue weighted by Crippen LogP contribution is 2.19. The number of rotatable bonds is 1. The third kappa shape index (κ3) is 1.62. The average molecular weight is 191 g/mol. The number of fused-ring (bicyclic) bond motifs is 1. The molecule has 0 radical (unpaired) electrons. The summed E-state index contributed by atoms with van der Waals surface area (Å²) in [5, 5.41) is 0.863. The Morgan fingerprint density at radius 2 is 1.93 bits per heavy atom. The number of benzene rings is 1. The van der Waals surface area contributed by atoms with Crippen LogP contribution < -0.4 is 0 Å². The molecule has 0 atom stereocenters. The Morgan fingerprint density at radius 3 is 2.71 bits per heavy atom. The van der Waals surface area contributed by atoms with Gasteiger partial charge in [-0.1, -0.05) is 24.3 Å². The van der Waals surface area contributed by atoms with E-state index in [1.165, 1.54) is 0 Å². The lowest BCUT2D eigenvalue weighted by Crippen LogP contribution is -1.81. The molecule has 0 saturated carbocycles. The van der Waals surface area contributed by atoms with Crippen LogP contribution in [0.4, 0.5) is 8.78 Å². The van der Waals surface area contributed by atoms with Gasteiger partial charge < -0.3 is 0 Å². The monoisotopic (exact) mass is 191 g/mol. The lowest BCUT2D eigenvalue weighted by atomic mass is 10.1. The Bertz CT molecular complexity index is 482. The summed E-state index contributed by atoms with van der Waals surface area (Å²) in [7, 11) is 0. The van der Waals surface area contributed by atoms with E-state index in [2.05, 4.69) is 4.98 Å². The topological polar surface area (TPSA) is 12.9 Å². The molecule has 0 amide bonds. The van der Waals surface area contributed by atoms with E-state index >= 15 is 0 Å². The molecule has 0 aliphatic rings. The molecule has 0 saturated heterocycles. The summed E-state index contributed by atoms with van der Waals surface area (Å²) in [6, 6.07) is 8.82. The highest BCUT2D eigenvalue weighted by atomic mass is 19.3. The molecule has 0 N–H and O–H groups in total. The van der Waals surface area contributed by atoms with Crippen molar-refractivity contribution in [2.45, 2.75) is 0 Å². The van der Waals surface area contributed by atoms with Crippen molar-refractivity contribution in [3.05, 3.63) is 48.2 Å². The molecular formula is C11H7F2N. The lowest BCUT2D eigenvalue weighted by Gasteiger charge is -1.99. The van der Waals surface area contributed by atoms with Gasteiger partial charge in [0.25, 0.3) is 6.08 Å². The van der Waals surface area contributed by atoms with Crippen LogP contribution in [0.1, 0.15) is 5.56 Å². The minimum Gasteiger partial charge on any atom is -0.256 e. The summed E-state index contributed by atoms with van der Waals surface area (Å²) in [4.78, 5) is 4.06. The molecule has 2 rings (SSSR count). The first-order chi connectivity index (χ1) is 6.77. The predicted molar refractivity (Wildman–Crippen MR) is 51.9 cm³/mol. The number of halogens is 2. The molecule has 14 heavy (non-hydrogen) atoms. The van der Waals surface area contributed by atoms with Crippen LogP contribution in [0.25, 0.3) is 17.0 Å². The molecule has 1 aromatic heterocycles. The number of aromatic nitrogens is 1. The van der Waals surface area contributed by atoms with Gasteiger partial charge in [-0.15, -0.1) is 0 Å². The summed E-state index contributed by atoms with van der Waals surface area (Å²) in [5.74, 6) is 0. The van der Waals surface area contributed by atoms with Crippen molar-refractivity contribution in [1.29, 1.82) is 0 Å². The normalized spacial score (nSPS) is 10.1. The number of hydrogen-bond donors (Lipinski definition) is 0. The van der Waals surface area contributed by atoms with E-state index < -0.39 is 6.08 Å². The van der Waals surface area contributed by atoms with Gasteiger partial charge >= 0.3 is 0 Å². The molecule has 0 unspecified atom stereocenters. The average Bonchev–Trinajstić information content (AvgIpc) is 2.18. The summed E-state index contributed by atoms with van der Waals surface area (Å²) in [6.45, 7) is 0. The molecule has 1 heterocycles. The maximum Gasteiger partial charge on any atom is 0.270 e. The first kappa shape index (κ1) is 8.81. The van der Waals surface area contributed by atoms with Crippen molar-refractivity contribution in [1.82, 2.24) is 4.98 Å². The van der Waals surface area contributed by atoms with Crippen LogP contribution in [0.2, 0.25) is 0 Å². The van der Waals surface area contributed by atoms with Gasteiger partial charge in [0.15, 0.2) is 0 Å². The molecule has 0 aliphatic heterocycles. The van der Waals surface area contributed by atoms with Gasteiger partial charge in [0.1, 0.15) is 0 Å². The van der Waals surface area contributed by atoms with Crippen molar-refractivity contribution in [3.8, 4) is 0 Å². The quantitative estimate of drug-likeness (QED) is 0.672. The number of nitrogens with zero attached hydrogens (tertiary/aromatic N) is 1. The molecule has 1 nitrogen and oxygen atoms in total. The first-order valence-electron chi connectivity index (χ1n) is 4.14. The molecular weight excluding hydrogens is 184 g/mol. The third-order valence-electron chi connectivity index (χ3n) is 1.93. The standard InChI is InChI=1S/C11H7F2N/c12-10(13)7-9-4-1-3-8-5-2-6-14-11(8)9/h1-7H. The molecule has 0 fully saturated rings. The van der Waals surface area contributed by atoms with Gasteiger partial charge in [0.2, 0.25) is 0 Å². The fourth-order valence-corrected chi connectivity index (χ4v) is 1.36. The summed E-state index contributed by atoms with van der Waals surface area (Å²) < 4.78 is 24.2. The van der Waals surface area contributed by atoms with Gasteiger partial charge in [0.05, 0.1) is 5.52 Å². The van der Waals surface area contributed by atoms with Crippen LogP contribution >= 0.6 is 0 Å². The lowest BCUT2D eigenvalue weighted by molar-refractivity contribution is 0.429. The maximum absolute atomic E-state index is 12.1. The molecule has 3 heteroatoms. The maximum atomic E-state index is 12.1. The van der Waals surface area contributed by atoms with E-state index in [4.69, 9.17) is 0 Å². The van der Waals surface area contributed by atoms with Crippen molar-refractivity contribution >= 4 is 17.0 Å². The van der Waals surface area contributed by atoms with Gasteiger partial charge in [-0.3, -0.25) is 4.98 Å². The fraction of sp³-hybridized carbons (Fsp3) is 0. The van der Waals surface area contributed by atoms with Crippen LogP contribution in [-0.2, 0) is 0 Å². The van der Waals surface area contributed by atoms with Gasteiger partial charge in [-0.2, -0.15) is 8.78 Å². The highest BCUT2D eigenvalue weighted by molar-refractivity contribution is 5.86. The largest absolute Gasteiger partial charge is 0.270 e. The zero-order valence-electron chi connectivity index (χ0n) is 7.24. The number of pyridine rings is 1. The SMILES string of the molecule is FC(F)=Cc1cccc2cccnc12. The Balaban J connectivity index is 2.71. The highest BCUT2D eigenvalue weighted by Gasteiger charge is 2.00. The van der Waals surface area contributed by atoms with E-state index in [9.17, 15) is 8.78 Å². The van der Waals surface area contributed by atoms with Crippen LogP contribution in [0, 0.1) is 0 Å². The summed E-state index contributed by atoms with van der Waals surface area (Å²) in [5.41, 5.74) is 1.05. The molecule has 0 aliphatic carbocycles. The van der Waals surface area contributed by atoms with Crippen LogP contribution in [0.3, 0.4) is 0 Å². The summed E-state index contributed by atoms with van der Waals surface area (Å²) in [6.07, 6.45) is 0.716. The molecule has 70 valence electrons. The van der Waals surface area contributed by atoms with Crippen LogP contribution in [0.5, 0.6) is 0 Å².